The van der Waals surface area contributed by atoms with E-state index in [2.05, 4.69) is 0 Å². The van der Waals surface area contributed by atoms with Gasteiger partial charge in [-0.3, -0.25) is 0 Å². The molecule has 0 N–H and O–H groups in total. The topological polar surface area (TPSA) is 9.23 Å². The zero-order valence-corrected chi connectivity index (χ0v) is 5.67. The highest BCUT2D eigenvalue weighted by atomic mass is 32.1. The highest BCUT2D eigenvalue weighted by Gasteiger charge is 2.07. The Morgan fingerprint density at radius 2 is 2.38 bits per heavy atom. The Bertz CT molecular complexity index is 139. The molecule has 1 aliphatic rings. The summed E-state index contributed by atoms with van der Waals surface area (Å²) in [7, 11) is 0. The van der Waals surface area contributed by atoms with Crippen LogP contribution in [0.1, 0.15) is 0 Å². The van der Waals surface area contributed by atoms with Crippen LogP contribution in [0.4, 0.5) is 0 Å². The normalized spacial score (nSPS) is 26.6. The summed E-state index contributed by atoms with van der Waals surface area (Å²) in [6.07, 6.45) is 5.06. The van der Waals surface area contributed by atoms with Crippen molar-refractivity contribution in [3.8, 4) is 0 Å². The Balaban J connectivity index is 2.66. The van der Waals surface area contributed by atoms with E-state index >= 15 is 0 Å². The van der Waals surface area contributed by atoms with Crippen molar-refractivity contribution in [3.63, 3.8) is 0 Å². The third kappa shape index (κ3) is 1.17. The predicted octanol–water partition coefficient (Wildman–Crippen LogP) is 2.14. The zero-order chi connectivity index (χ0) is 5.98. The maximum atomic E-state index is 4.85. The van der Waals surface area contributed by atoms with E-state index < -0.39 is 0 Å². The summed E-state index contributed by atoms with van der Waals surface area (Å²) in [5.41, 5.74) is -0.324. The van der Waals surface area contributed by atoms with Crippen LogP contribution >= 0.6 is 25.3 Å². The molecule has 1 heterocycles. The summed E-state index contributed by atoms with van der Waals surface area (Å²) in [6.45, 7) is 0. The predicted molar refractivity (Wildman–Crippen MR) is 37.3 cm³/mol. The number of allylic oxidation sites excluding steroid dienone is 2. The Morgan fingerprint density at radius 3 is 2.75 bits per heavy atom. The van der Waals surface area contributed by atoms with E-state index in [4.69, 9.17) is 30.0 Å². The summed E-state index contributed by atoms with van der Waals surface area (Å²) in [6, 6.07) is 0. The van der Waals surface area contributed by atoms with Gasteiger partial charge in [0.25, 0.3) is 0 Å². The van der Waals surface area contributed by atoms with Gasteiger partial charge in [0.05, 0.1) is 11.2 Å². The Morgan fingerprint density at radius 1 is 1.62 bits per heavy atom. The fourth-order valence-electron chi connectivity index (χ4n) is 0.396. The fourth-order valence-corrected chi connectivity index (χ4v) is 0.673. The van der Waals surface area contributed by atoms with Gasteiger partial charge in [-0.1, -0.05) is 12.6 Å². The smallest absolute Gasteiger partial charge is 0.188 e. The number of hydrogen-bond donors (Lipinski definition) is 0. The molecule has 0 bridgehead atoms. The highest BCUT2D eigenvalue weighted by Crippen LogP contribution is 2.18. The molecule has 1 rings (SSSR count). The maximum absolute atomic E-state index is 4.85. The first-order valence-corrected chi connectivity index (χ1v) is 3.03. The molecule has 1 aliphatic heterocycles. The van der Waals surface area contributed by atoms with E-state index in [1.807, 2.05) is 0 Å². The first kappa shape index (κ1) is 5.98. The van der Waals surface area contributed by atoms with Gasteiger partial charge in [0.2, 0.25) is 0 Å². The van der Waals surface area contributed by atoms with Gasteiger partial charge in [-0.2, -0.15) is 0 Å². The summed E-state index contributed by atoms with van der Waals surface area (Å²) in [4.78, 5) is 0.683. The van der Waals surface area contributed by atoms with Crippen LogP contribution in [0.3, 0.4) is 0 Å². The molecule has 42 valence electrons. The van der Waals surface area contributed by atoms with Crippen LogP contribution < -0.4 is 0 Å². The fraction of sp³-hybridized carbons (Fsp3) is 0.200. The molecule has 1 unspecified atom stereocenters. The van der Waals surface area contributed by atoms with Gasteiger partial charge >= 0.3 is 0 Å². The first-order valence-electron chi connectivity index (χ1n) is 2.16. The lowest BCUT2D eigenvalue weighted by Crippen LogP contribution is -2.02. The van der Waals surface area contributed by atoms with Crippen LogP contribution in [0, 0.1) is 0 Å². The second-order valence-corrected chi connectivity index (χ2v) is 2.27. The van der Waals surface area contributed by atoms with E-state index in [-0.39, 0.29) is 5.44 Å². The lowest BCUT2D eigenvalue weighted by Gasteiger charge is -2.09. The first-order chi connectivity index (χ1) is 3.80. The van der Waals surface area contributed by atoms with Crippen LogP contribution in [0.5, 0.6) is 0 Å². The largest absolute Gasteiger partial charge is 0.481 e. The van der Waals surface area contributed by atoms with E-state index in [0.717, 1.165) is 0 Å². The van der Waals surface area contributed by atoms with Crippen LogP contribution in [-0.4, -0.2) is 5.44 Å². The molecule has 3 heteroatoms. The van der Waals surface area contributed by atoms with Crippen molar-refractivity contribution < 1.29 is 4.74 Å². The molecule has 0 saturated carbocycles. The Labute approximate surface area is 59.2 Å². The van der Waals surface area contributed by atoms with Crippen molar-refractivity contribution in [2.75, 3.05) is 0 Å². The van der Waals surface area contributed by atoms with Crippen LogP contribution in [-0.2, 0) is 4.74 Å². The minimum Gasteiger partial charge on any atom is -0.481 e. The average molecular weight is 144 g/mol. The van der Waals surface area contributed by atoms with Gasteiger partial charge in [-0.25, -0.2) is 0 Å². The summed E-state index contributed by atoms with van der Waals surface area (Å²) < 4.78 is 4.85. The van der Waals surface area contributed by atoms with E-state index in [9.17, 15) is 0 Å². The van der Waals surface area contributed by atoms with Crippen LogP contribution in [0.25, 0.3) is 0 Å². The monoisotopic (exact) mass is 144 g/mol. The third-order valence-electron chi connectivity index (χ3n) is 0.774. The Kier molecular flexibility index (Phi) is 1.81. The van der Waals surface area contributed by atoms with Gasteiger partial charge in [-0.05, 0) is 24.8 Å². The lowest BCUT2D eigenvalue weighted by atomic mass is 10.4. The molecule has 0 spiro atoms. The van der Waals surface area contributed by atoms with E-state index in [0.29, 0.717) is 4.91 Å². The Hall–Kier alpha value is -0.150. The van der Waals surface area contributed by atoms with E-state index in [1.165, 1.54) is 0 Å². The molecule has 0 fully saturated rings. The van der Waals surface area contributed by atoms with Gasteiger partial charge in [0, 0.05) is 0 Å². The third-order valence-corrected chi connectivity index (χ3v) is 1.64. The summed E-state index contributed by atoms with van der Waals surface area (Å²) >= 11 is 9.56. The molecule has 0 aliphatic carbocycles. The molecule has 0 amide bonds. The van der Waals surface area contributed by atoms with Crippen molar-refractivity contribution in [1.29, 1.82) is 0 Å². The van der Waals surface area contributed by atoms with Crippen molar-refractivity contribution in [1.82, 2.24) is 0 Å². The second-order valence-electron chi connectivity index (χ2n) is 1.37. The maximum Gasteiger partial charge on any atom is 0.188 e. The van der Waals surface area contributed by atoms with Crippen molar-refractivity contribution in [2.45, 2.75) is 5.44 Å². The summed E-state index contributed by atoms with van der Waals surface area (Å²) in [5.74, 6) is 0. The van der Waals surface area contributed by atoms with Crippen molar-refractivity contribution in [3.05, 3.63) is 23.3 Å². The molecule has 0 aromatic rings. The van der Waals surface area contributed by atoms with Gasteiger partial charge in [0.15, 0.2) is 5.44 Å². The zero-order valence-electron chi connectivity index (χ0n) is 4.03. The average Bonchev–Trinajstić information content (AvgIpc) is 1.77. The van der Waals surface area contributed by atoms with Gasteiger partial charge in [-0.15, -0.1) is 0 Å². The molecule has 8 heavy (non-hydrogen) atoms. The molecule has 0 aromatic carbocycles. The lowest BCUT2D eigenvalue weighted by molar-refractivity contribution is 0.256. The van der Waals surface area contributed by atoms with Gasteiger partial charge in [0.1, 0.15) is 0 Å². The minimum atomic E-state index is -0.324. The minimum absolute atomic E-state index is 0.324. The van der Waals surface area contributed by atoms with Crippen LogP contribution in [0.15, 0.2) is 23.3 Å². The molecule has 0 aromatic heterocycles. The van der Waals surface area contributed by atoms with Crippen LogP contribution in [0.2, 0.25) is 0 Å². The molecular weight excluding hydrogens is 140 g/mol. The van der Waals surface area contributed by atoms with Crippen molar-refractivity contribution >= 4 is 25.3 Å². The van der Waals surface area contributed by atoms with Gasteiger partial charge < -0.3 is 4.74 Å². The van der Waals surface area contributed by atoms with E-state index in [1.54, 1.807) is 18.4 Å². The SMILES string of the molecule is [S]C1=CC=COC1[S]. The second kappa shape index (κ2) is 2.42. The van der Waals surface area contributed by atoms with Crippen molar-refractivity contribution in [2.24, 2.45) is 0 Å². The molecule has 1 nitrogen and oxygen atoms in total. The number of hydrogen-bond acceptors (Lipinski definition) is 1. The molecule has 2 radical (unpaired) electrons. The molecule has 1 atom stereocenters. The number of ether oxygens (including phenoxy) is 1. The standard InChI is InChI=1S/C5H4OS2/c7-4-2-1-3-6-5(4)8/h1-3,5H. The molecule has 0 saturated heterocycles. The highest BCUT2D eigenvalue weighted by molar-refractivity contribution is 7.87. The number of rotatable bonds is 0. The molecular formula is C5H4OS2. The quantitative estimate of drug-likeness (QED) is 0.506. The summed E-state index contributed by atoms with van der Waals surface area (Å²) in [5, 5.41) is 0.